The normalized spacial score (nSPS) is 12.3. The van der Waals surface area contributed by atoms with Gasteiger partial charge in [-0.3, -0.25) is 0 Å². The molecule has 0 aromatic heterocycles. The van der Waals surface area contributed by atoms with Gasteiger partial charge in [0, 0.05) is 17.4 Å². The van der Waals surface area contributed by atoms with Crippen LogP contribution in [0.15, 0.2) is 30.5 Å². The van der Waals surface area contributed by atoms with Crippen molar-refractivity contribution >= 4 is 5.69 Å². The Morgan fingerprint density at radius 1 is 1.43 bits per heavy atom. The summed E-state index contributed by atoms with van der Waals surface area (Å²) in [6.07, 6.45) is 0. The fraction of sp³-hybridized carbons (Fsp3) is 0.333. The Hall–Kier alpha value is -1.28. The van der Waals surface area contributed by atoms with E-state index in [1.807, 2.05) is 6.92 Å². The predicted molar refractivity (Wildman–Crippen MR) is 62.3 cm³/mol. The number of benzene rings is 1. The van der Waals surface area contributed by atoms with E-state index < -0.39 is 0 Å². The number of rotatable bonds is 3. The molecule has 0 amide bonds. The number of nitrogens with two attached hydrogens (primary N) is 1. The van der Waals surface area contributed by atoms with E-state index in [1.54, 1.807) is 0 Å². The molecule has 1 rings (SSSR count). The summed E-state index contributed by atoms with van der Waals surface area (Å²) < 4.78 is 0. The van der Waals surface area contributed by atoms with Crippen LogP contribution in [0.1, 0.15) is 18.1 Å². The maximum Gasteiger partial charge on any atom is 0.0413 e. The molecule has 1 aromatic rings. The molecule has 1 atom stereocenters. The summed E-state index contributed by atoms with van der Waals surface area (Å²) in [6.45, 7) is 9.95. The lowest BCUT2D eigenvalue weighted by molar-refractivity contribution is 0.870. The third-order valence-electron chi connectivity index (χ3n) is 2.23. The predicted octanol–water partition coefficient (Wildman–Crippen LogP) is 2.58. The zero-order chi connectivity index (χ0) is 10.7. The Kier molecular flexibility index (Phi) is 3.31. The highest BCUT2D eigenvalue weighted by Crippen LogP contribution is 2.17. The molecule has 0 heterocycles. The molecule has 0 saturated heterocycles. The quantitative estimate of drug-likeness (QED) is 0.768. The Bertz CT molecular complexity index is 340. The van der Waals surface area contributed by atoms with E-state index >= 15 is 0 Å². The van der Waals surface area contributed by atoms with Crippen LogP contribution in [0.2, 0.25) is 0 Å². The zero-order valence-corrected chi connectivity index (χ0v) is 9.09. The van der Waals surface area contributed by atoms with E-state index in [0.717, 1.165) is 11.4 Å². The SMILES string of the molecule is C=C(Nc1ccc(C)cc1C)C(C)N. The molecule has 0 bridgehead atoms. The second-order valence-corrected chi connectivity index (χ2v) is 3.76. The smallest absolute Gasteiger partial charge is 0.0413 e. The first-order valence-corrected chi connectivity index (χ1v) is 4.79. The summed E-state index contributed by atoms with van der Waals surface area (Å²) in [5, 5.41) is 3.22. The van der Waals surface area contributed by atoms with E-state index in [2.05, 4.69) is 43.9 Å². The minimum absolute atomic E-state index is 0.0318. The van der Waals surface area contributed by atoms with Crippen LogP contribution in [0.5, 0.6) is 0 Å². The van der Waals surface area contributed by atoms with Crippen LogP contribution in [0.25, 0.3) is 0 Å². The van der Waals surface area contributed by atoms with Gasteiger partial charge in [0.1, 0.15) is 0 Å². The van der Waals surface area contributed by atoms with Gasteiger partial charge in [-0.1, -0.05) is 24.3 Å². The fourth-order valence-electron chi connectivity index (χ4n) is 1.24. The average Bonchev–Trinajstić information content (AvgIpc) is 2.09. The summed E-state index contributed by atoms with van der Waals surface area (Å²) in [5.74, 6) is 0. The topological polar surface area (TPSA) is 38.0 Å². The van der Waals surface area contributed by atoms with Gasteiger partial charge >= 0.3 is 0 Å². The lowest BCUT2D eigenvalue weighted by atomic mass is 10.1. The van der Waals surface area contributed by atoms with Crippen molar-refractivity contribution in [3.05, 3.63) is 41.6 Å². The number of aryl methyl sites for hydroxylation is 2. The molecular formula is C12H18N2. The summed E-state index contributed by atoms with van der Waals surface area (Å²) in [6, 6.07) is 6.23. The van der Waals surface area contributed by atoms with E-state index in [-0.39, 0.29) is 6.04 Å². The molecule has 0 spiro atoms. The Morgan fingerprint density at radius 2 is 2.07 bits per heavy atom. The first kappa shape index (κ1) is 10.8. The van der Waals surface area contributed by atoms with Crippen LogP contribution in [-0.4, -0.2) is 6.04 Å². The van der Waals surface area contributed by atoms with Gasteiger partial charge in [-0.2, -0.15) is 0 Å². The van der Waals surface area contributed by atoms with Crippen molar-refractivity contribution in [3.63, 3.8) is 0 Å². The molecule has 0 saturated carbocycles. The van der Waals surface area contributed by atoms with E-state index in [0.29, 0.717) is 0 Å². The number of anilines is 1. The zero-order valence-electron chi connectivity index (χ0n) is 9.09. The van der Waals surface area contributed by atoms with Crippen LogP contribution in [0.3, 0.4) is 0 Å². The minimum Gasteiger partial charge on any atom is -0.358 e. The van der Waals surface area contributed by atoms with Gasteiger partial charge in [0.2, 0.25) is 0 Å². The van der Waals surface area contributed by atoms with Crippen molar-refractivity contribution in [3.8, 4) is 0 Å². The maximum atomic E-state index is 5.70. The molecule has 2 heteroatoms. The van der Waals surface area contributed by atoms with Gasteiger partial charge in [-0.25, -0.2) is 0 Å². The minimum atomic E-state index is -0.0318. The van der Waals surface area contributed by atoms with Gasteiger partial charge in [0.05, 0.1) is 0 Å². The third kappa shape index (κ3) is 2.60. The highest BCUT2D eigenvalue weighted by molar-refractivity contribution is 5.55. The summed E-state index contributed by atoms with van der Waals surface area (Å²) in [4.78, 5) is 0. The average molecular weight is 190 g/mol. The van der Waals surface area contributed by atoms with Crippen molar-refractivity contribution in [1.82, 2.24) is 0 Å². The lowest BCUT2D eigenvalue weighted by Crippen LogP contribution is -2.22. The molecule has 0 fully saturated rings. The standard InChI is InChI=1S/C12H18N2/c1-8-5-6-12(9(2)7-8)14-11(4)10(3)13/h5-7,10,14H,4,13H2,1-3H3. The van der Waals surface area contributed by atoms with Gasteiger partial charge in [0.15, 0.2) is 0 Å². The molecule has 1 unspecified atom stereocenters. The molecular weight excluding hydrogens is 172 g/mol. The van der Waals surface area contributed by atoms with E-state index in [4.69, 9.17) is 5.73 Å². The Balaban J connectivity index is 2.82. The van der Waals surface area contributed by atoms with Crippen LogP contribution in [-0.2, 0) is 0 Å². The summed E-state index contributed by atoms with van der Waals surface area (Å²) >= 11 is 0. The molecule has 3 N–H and O–H groups in total. The van der Waals surface area contributed by atoms with Crippen molar-refractivity contribution < 1.29 is 0 Å². The molecule has 0 radical (unpaired) electrons. The summed E-state index contributed by atoms with van der Waals surface area (Å²) in [7, 11) is 0. The highest BCUT2D eigenvalue weighted by atomic mass is 14.9. The van der Waals surface area contributed by atoms with Crippen molar-refractivity contribution in [1.29, 1.82) is 0 Å². The third-order valence-corrected chi connectivity index (χ3v) is 2.23. The van der Waals surface area contributed by atoms with Crippen LogP contribution >= 0.6 is 0 Å². The van der Waals surface area contributed by atoms with Gasteiger partial charge < -0.3 is 11.1 Å². The summed E-state index contributed by atoms with van der Waals surface area (Å²) in [5.41, 5.74) is 10.1. The maximum absolute atomic E-state index is 5.70. The first-order valence-electron chi connectivity index (χ1n) is 4.79. The second kappa shape index (κ2) is 4.29. The van der Waals surface area contributed by atoms with Crippen molar-refractivity contribution in [2.75, 3.05) is 5.32 Å². The van der Waals surface area contributed by atoms with Crippen LogP contribution in [0.4, 0.5) is 5.69 Å². The van der Waals surface area contributed by atoms with E-state index in [1.165, 1.54) is 11.1 Å². The molecule has 0 aliphatic heterocycles. The van der Waals surface area contributed by atoms with Crippen molar-refractivity contribution in [2.24, 2.45) is 5.73 Å². The monoisotopic (exact) mass is 190 g/mol. The molecule has 1 aromatic carbocycles. The Labute approximate surface area is 85.8 Å². The molecule has 76 valence electrons. The van der Waals surface area contributed by atoms with E-state index in [9.17, 15) is 0 Å². The molecule has 2 nitrogen and oxygen atoms in total. The van der Waals surface area contributed by atoms with Gasteiger partial charge in [0.25, 0.3) is 0 Å². The Morgan fingerprint density at radius 3 is 2.57 bits per heavy atom. The lowest BCUT2D eigenvalue weighted by Gasteiger charge is -2.14. The van der Waals surface area contributed by atoms with Gasteiger partial charge in [-0.15, -0.1) is 0 Å². The fourth-order valence-corrected chi connectivity index (χ4v) is 1.24. The number of nitrogens with one attached hydrogen (secondary N) is 1. The largest absolute Gasteiger partial charge is 0.358 e. The van der Waals surface area contributed by atoms with Crippen LogP contribution < -0.4 is 11.1 Å². The van der Waals surface area contributed by atoms with Crippen molar-refractivity contribution in [2.45, 2.75) is 26.8 Å². The number of hydrogen-bond acceptors (Lipinski definition) is 2. The van der Waals surface area contributed by atoms with Crippen LogP contribution in [0, 0.1) is 13.8 Å². The van der Waals surface area contributed by atoms with Gasteiger partial charge in [-0.05, 0) is 32.4 Å². The molecule has 0 aliphatic carbocycles. The molecule has 0 aliphatic rings. The second-order valence-electron chi connectivity index (χ2n) is 3.76. The highest BCUT2D eigenvalue weighted by Gasteiger charge is 2.02. The number of hydrogen-bond donors (Lipinski definition) is 2. The molecule has 14 heavy (non-hydrogen) atoms. The first-order chi connectivity index (χ1) is 6.50.